The lowest BCUT2D eigenvalue weighted by atomic mass is 9.92. The maximum Gasteiger partial charge on any atom is 0.407 e. The van der Waals surface area contributed by atoms with E-state index < -0.39 is 23.3 Å². The van der Waals surface area contributed by atoms with Crippen molar-refractivity contribution >= 4 is 23.3 Å². The number of carbonyl (C=O) groups is 2. The van der Waals surface area contributed by atoms with Crippen LogP contribution in [-0.4, -0.2) is 25.4 Å². The number of allylic oxidation sites excluding steroid dienone is 2. The Morgan fingerprint density at radius 2 is 1.11 bits per heavy atom. The summed E-state index contributed by atoms with van der Waals surface area (Å²) in [7, 11) is 0. The summed E-state index contributed by atoms with van der Waals surface area (Å²) in [5.74, 6) is 0. The van der Waals surface area contributed by atoms with Crippen LogP contribution in [0.1, 0.15) is 70.2 Å². The fourth-order valence-electron chi connectivity index (χ4n) is 3.46. The van der Waals surface area contributed by atoms with Gasteiger partial charge >= 0.3 is 12.2 Å². The molecule has 35 heavy (non-hydrogen) atoms. The van der Waals surface area contributed by atoms with Crippen molar-refractivity contribution < 1.29 is 19.1 Å². The second-order valence-corrected chi connectivity index (χ2v) is 9.85. The van der Waals surface area contributed by atoms with Gasteiger partial charge in [0, 0.05) is 6.42 Å². The molecule has 0 atom stereocenters. The lowest BCUT2D eigenvalue weighted by Gasteiger charge is -2.27. The molecule has 6 heteroatoms. The zero-order chi connectivity index (χ0) is 26.2. The summed E-state index contributed by atoms with van der Waals surface area (Å²) in [6, 6.07) is 15.8. The number of amides is 2. The van der Waals surface area contributed by atoms with Crippen molar-refractivity contribution in [3.8, 4) is 0 Å². The van der Waals surface area contributed by atoms with Crippen LogP contribution in [-0.2, 0) is 20.6 Å². The van der Waals surface area contributed by atoms with Gasteiger partial charge in [0.15, 0.2) is 0 Å². The van der Waals surface area contributed by atoms with Crippen molar-refractivity contribution in [3.63, 3.8) is 0 Å². The van der Waals surface area contributed by atoms with Crippen LogP contribution in [0.4, 0.5) is 9.59 Å². The molecule has 0 aliphatic rings. The van der Waals surface area contributed by atoms with Crippen LogP contribution in [0.5, 0.6) is 0 Å². The van der Waals surface area contributed by atoms with Gasteiger partial charge in [-0.3, -0.25) is 0 Å². The normalized spacial score (nSPS) is 11.4. The molecule has 188 valence electrons. The third-order valence-electron chi connectivity index (χ3n) is 5.74. The minimum Gasteiger partial charge on any atom is -0.449 e. The Morgan fingerprint density at radius 1 is 0.743 bits per heavy atom. The lowest BCUT2D eigenvalue weighted by molar-refractivity contribution is 0.110. The van der Waals surface area contributed by atoms with Crippen molar-refractivity contribution in [1.29, 1.82) is 0 Å². The Morgan fingerprint density at radius 3 is 1.46 bits per heavy atom. The van der Waals surface area contributed by atoms with E-state index in [0.29, 0.717) is 6.42 Å². The summed E-state index contributed by atoms with van der Waals surface area (Å²) in [5.41, 5.74) is 4.62. The molecule has 0 fully saturated rings. The first-order valence-electron chi connectivity index (χ1n) is 11.7. The molecule has 0 saturated carbocycles. The van der Waals surface area contributed by atoms with Gasteiger partial charge in [0.05, 0.1) is 24.3 Å². The van der Waals surface area contributed by atoms with Crippen molar-refractivity contribution in [2.45, 2.75) is 59.0 Å². The average Bonchev–Trinajstić information content (AvgIpc) is 2.78. The van der Waals surface area contributed by atoms with E-state index in [1.165, 1.54) is 0 Å². The molecule has 0 unspecified atom stereocenters. The van der Waals surface area contributed by atoms with E-state index >= 15 is 0 Å². The van der Waals surface area contributed by atoms with Crippen LogP contribution < -0.4 is 10.6 Å². The van der Waals surface area contributed by atoms with Gasteiger partial charge in [-0.25, -0.2) is 9.59 Å². The van der Waals surface area contributed by atoms with E-state index in [1.807, 2.05) is 90.1 Å². The number of carbonyl (C=O) groups excluding carboxylic acids is 2. The van der Waals surface area contributed by atoms with E-state index in [-0.39, 0.29) is 13.2 Å². The monoisotopic (exact) mass is 478 g/mol. The number of hydrogen-bond donors (Lipinski definition) is 2. The number of ether oxygens (including phenoxy) is 2. The number of hydrogen-bond acceptors (Lipinski definition) is 4. The summed E-state index contributed by atoms with van der Waals surface area (Å²) < 4.78 is 10.6. The van der Waals surface area contributed by atoms with Crippen LogP contribution >= 0.6 is 0 Å². The number of benzene rings is 2. The van der Waals surface area contributed by atoms with Gasteiger partial charge in [0.1, 0.15) is 0 Å². The highest BCUT2D eigenvalue weighted by atomic mass is 16.6. The predicted octanol–water partition coefficient (Wildman–Crippen LogP) is 6.77. The van der Waals surface area contributed by atoms with Gasteiger partial charge in [-0.05, 0) is 75.9 Å². The highest BCUT2D eigenvalue weighted by Gasteiger charge is 2.25. The summed E-state index contributed by atoms with van der Waals surface area (Å²) in [6.45, 7) is 19.7. The maximum atomic E-state index is 12.3. The Bertz CT molecular complexity index is 1000. The van der Waals surface area contributed by atoms with Gasteiger partial charge < -0.3 is 20.1 Å². The SMILES string of the molecule is C=C(C)c1cccc(C(C)(C)NC(=O)OCCCOC(=O)NC(C)(C)c2cccc(C(=C)C)c2)c1. The predicted molar refractivity (Wildman–Crippen MR) is 142 cm³/mol. The van der Waals surface area contributed by atoms with Gasteiger partial charge in [0.25, 0.3) is 0 Å². The summed E-state index contributed by atoms with van der Waals surface area (Å²) >= 11 is 0. The zero-order valence-electron chi connectivity index (χ0n) is 21.8. The smallest absolute Gasteiger partial charge is 0.407 e. The Hall–Kier alpha value is -3.54. The van der Waals surface area contributed by atoms with Crippen molar-refractivity contribution in [3.05, 3.63) is 83.9 Å². The van der Waals surface area contributed by atoms with Crippen molar-refractivity contribution in [2.75, 3.05) is 13.2 Å². The highest BCUT2D eigenvalue weighted by Crippen LogP contribution is 2.25. The molecule has 0 aliphatic carbocycles. The highest BCUT2D eigenvalue weighted by molar-refractivity contribution is 5.70. The van der Waals surface area contributed by atoms with E-state index in [4.69, 9.17) is 9.47 Å². The van der Waals surface area contributed by atoms with Crippen LogP contribution in [0.3, 0.4) is 0 Å². The quantitative estimate of drug-likeness (QED) is 0.370. The summed E-state index contributed by atoms with van der Waals surface area (Å²) in [6.07, 6.45) is -0.671. The largest absolute Gasteiger partial charge is 0.449 e. The van der Waals surface area contributed by atoms with Crippen LogP contribution in [0.2, 0.25) is 0 Å². The standard InChI is InChI=1S/C29H38N2O4/c1-20(2)22-12-9-14-24(18-22)28(5,6)30-26(32)34-16-11-17-35-27(33)31-29(7,8)25-15-10-13-23(19-25)21(3)4/h9-10,12-15,18-19H,1,3,11,16-17H2,2,4-8H3,(H,30,32)(H,31,33). The number of alkyl carbamates (subject to hydrolysis) is 2. The first-order valence-corrected chi connectivity index (χ1v) is 11.7. The molecular formula is C29H38N2O4. The van der Waals surface area contributed by atoms with Gasteiger partial charge in [-0.1, -0.05) is 60.7 Å². The lowest BCUT2D eigenvalue weighted by Crippen LogP contribution is -2.42. The third kappa shape index (κ3) is 8.32. The van der Waals surface area contributed by atoms with Gasteiger partial charge in [0.2, 0.25) is 0 Å². The Kier molecular flexibility index (Phi) is 9.29. The first kappa shape index (κ1) is 27.7. The molecular weight excluding hydrogens is 440 g/mol. The molecule has 0 bridgehead atoms. The molecule has 0 aliphatic heterocycles. The van der Waals surface area contributed by atoms with Gasteiger partial charge in [-0.2, -0.15) is 0 Å². The third-order valence-corrected chi connectivity index (χ3v) is 5.74. The van der Waals surface area contributed by atoms with Gasteiger partial charge in [-0.15, -0.1) is 0 Å². The maximum absolute atomic E-state index is 12.3. The summed E-state index contributed by atoms with van der Waals surface area (Å²) in [5, 5.41) is 5.77. The molecule has 2 aromatic rings. The molecule has 6 nitrogen and oxygen atoms in total. The van der Waals surface area contributed by atoms with E-state index in [2.05, 4.69) is 23.8 Å². The van der Waals surface area contributed by atoms with Crippen LogP contribution in [0.25, 0.3) is 11.1 Å². The minimum absolute atomic E-state index is 0.130. The van der Waals surface area contributed by atoms with E-state index in [1.54, 1.807) is 0 Å². The summed E-state index contributed by atoms with van der Waals surface area (Å²) in [4.78, 5) is 24.6. The second kappa shape index (κ2) is 11.7. The topological polar surface area (TPSA) is 76.7 Å². The second-order valence-electron chi connectivity index (χ2n) is 9.85. The van der Waals surface area contributed by atoms with Crippen molar-refractivity contribution in [1.82, 2.24) is 10.6 Å². The Balaban J connectivity index is 1.76. The number of nitrogens with one attached hydrogen (secondary N) is 2. The van der Waals surface area contributed by atoms with Crippen molar-refractivity contribution in [2.24, 2.45) is 0 Å². The van der Waals surface area contributed by atoms with Crippen LogP contribution in [0.15, 0.2) is 61.7 Å². The molecule has 0 spiro atoms. The zero-order valence-corrected chi connectivity index (χ0v) is 21.8. The van der Waals surface area contributed by atoms with E-state index in [9.17, 15) is 9.59 Å². The molecule has 0 aromatic heterocycles. The minimum atomic E-state index is -0.619. The molecule has 2 N–H and O–H groups in total. The Labute approximate surface area is 209 Å². The molecule has 2 rings (SSSR count). The molecule has 0 radical (unpaired) electrons. The number of rotatable bonds is 10. The average molecular weight is 479 g/mol. The fraction of sp³-hybridized carbons (Fsp3) is 0.379. The fourth-order valence-corrected chi connectivity index (χ4v) is 3.46. The molecule has 2 aromatic carbocycles. The first-order chi connectivity index (χ1) is 16.3. The van der Waals surface area contributed by atoms with E-state index in [0.717, 1.165) is 33.4 Å². The molecule has 2 amide bonds. The molecule has 0 heterocycles. The molecule has 0 saturated heterocycles. The van der Waals surface area contributed by atoms with Crippen LogP contribution in [0, 0.1) is 0 Å².